The molecule has 0 aliphatic carbocycles. The Balaban J connectivity index is 2.00. The third-order valence-corrected chi connectivity index (χ3v) is 4.26. The molecule has 1 heterocycles. The normalized spacial score (nSPS) is 25.3. The molecule has 2 heteroatoms. The molecule has 1 aromatic carbocycles. The van der Waals surface area contributed by atoms with Crippen LogP contribution in [-0.2, 0) is 6.54 Å². The molecular formula is C16H26N2. The fraction of sp³-hybridized carbons (Fsp3) is 0.625. The Morgan fingerprint density at radius 1 is 1.39 bits per heavy atom. The number of aryl methyl sites for hydroxylation is 1. The molecule has 2 nitrogen and oxygen atoms in total. The number of piperidine rings is 1. The first-order valence-electron chi connectivity index (χ1n) is 7.22. The van der Waals surface area contributed by atoms with Gasteiger partial charge in [-0.1, -0.05) is 43.2 Å². The average Bonchev–Trinajstić information content (AvgIpc) is 2.39. The molecule has 0 spiro atoms. The monoisotopic (exact) mass is 246 g/mol. The van der Waals surface area contributed by atoms with Crippen LogP contribution in [0.5, 0.6) is 0 Å². The van der Waals surface area contributed by atoms with E-state index in [-0.39, 0.29) is 0 Å². The standard InChI is InChI=1S/C16H26N2/c1-3-14-7-8-18(16(10-14)11-17)12-15-6-4-5-13(2)9-15/h4-6,9,14,16H,3,7-8,10-12,17H2,1-2H3. The smallest absolute Gasteiger partial charge is 0.0237 e. The highest BCUT2D eigenvalue weighted by Gasteiger charge is 2.26. The van der Waals surface area contributed by atoms with Crippen molar-refractivity contribution in [3.05, 3.63) is 35.4 Å². The Labute approximate surface area is 111 Å². The predicted octanol–water partition coefficient (Wildman–Crippen LogP) is 2.94. The fourth-order valence-electron chi connectivity index (χ4n) is 3.05. The van der Waals surface area contributed by atoms with E-state index < -0.39 is 0 Å². The summed E-state index contributed by atoms with van der Waals surface area (Å²) < 4.78 is 0. The van der Waals surface area contributed by atoms with Gasteiger partial charge in [0.1, 0.15) is 0 Å². The summed E-state index contributed by atoms with van der Waals surface area (Å²) in [5.41, 5.74) is 8.72. The lowest BCUT2D eigenvalue weighted by Gasteiger charge is -2.39. The van der Waals surface area contributed by atoms with E-state index in [0.29, 0.717) is 6.04 Å². The summed E-state index contributed by atoms with van der Waals surface area (Å²) in [5.74, 6) is 0.882. The molecule has 2 unspecified atom stereocenters. The summed E-state index contributed by atoms with van der Waals surface area (Å²) in [5, 5.41) is 0. The second-order valence-electron chi connectivity index (χ2n) is 5.65. The molecule has 18 heavy (non-hydrogen) atoms. The van der Waals surface area contributed by atoms with E-state index in [2.05, 4.69) is 43.0 Å². The van der Waals surface area contributed by atoms with Crippen LogP contribution in [0.2, 0.25) is 0 Å². The number of hydrogen-bond donors (Lipinski definition) is 1. The third kappa shape index (κ3) is 3.33. The van der Waals surface area contributed by atoms with E-state index in [4.69, 9.17) is 5.73 Å². The zero-order valence-corrected chi connectivity index (χ0v) is 11.7. The number of hydrogen-bond acceptors (Lipinski definition) is 2. The van der Waals surface area contributed by atoms with Gasteiger partial charge in [-0.05, 0) is 37.8 Å². The van der Waals surface area contributed by atoms with E-state index in [1.807, 2.05) is 0 Å². The van der Waals surface area contributed by atoms with Crippen LogP contribution in [0.4, 0.5) is 0 Å². The van der Waals surface area contributed by atoms with Crippen LogP contribution in [0.1, 0.15) is 37.3 Å². The summed E-state index contributed by atoms with van der Waals surface area (Å²) in [7, 11) is 0. The van der Waals surface area contributed by atoms with Gasteiger partial charge in [-0.25, -0.2) is 0 Å². The number of benzene rings is 1. The van der Waals surface area contributed by atoms with Crippen molar-refractivity contribution in [3.63, 3.8) is 0 Å². The maximum atomic E-state index is 5.95. The van der Waals surface area contributed by atoms with E-state index in [1.165, 1.54) is 36.9 Å². The van der Waals surface area contributed by atoms with Gasteiger partial charge in [-0.15, -0.1) is 0 Å². The highest BCUT2D eigenvalue weighted by atomic mass is 15.2. The second kappa shape index (κ2) is 6.35. The van der Waals surface area contributed by atoms with Gasteiger partial charge in [0.05, 0.1) is 0 Å². The minimum atomic E-state index is 0.573. The van der Waals surface area contributed by atoms with Gasteiger partial charge in [-0.2, -0.15) is 0 Å². The molecular weight excluding hydrogens is 220 g/mol. The average molecular weight is 246 g/mol. The first-order valence-corrected chi connectivity index (χ1v) is 7.22. The zero-order valence-electron chi connectivity index (χ0n) is 11.7. The molecule has 2 rings (SSSR count). The molecule has 1 aliphatic heterocycles. The molecule has 1 aliphatic rings. The molecule has 1 saturated heterocycles. The van der Waals surface area contributed by atoms with Crippen molar-refractivity contribution in [2.75, 3.05) is 13.1 Å². The second-order valence-corrected chi connectivity index (χ2v) is 5.65. The van der Waals surface area contributed by atoms with Crippen molar-refractivity contribution in [1.29, 1.82) is 0 Å². The number of likely N-dealkylation sites (tertiary alicyclic amines) is 1. The number of rotatable bonds is 4. The zero-order chi connectivity index (χ0) is 13.0. The van der Waals surface area contributed by atoms with Crippen LogP contribution >= 0.6 is 0 Å². The van der Waals surface area contributed by atoms with Gasteiger partial charge in [-0.3, -0.25) is 4.90 Å². The molecule has 0 aromatic heterocycles. The van der Waals surface area contributed by atoms with E-state index >= 15 is 0 Å². The Morgan fingerprint density at radius 2 is 2.22 bits per heavy atom. The lowest BCUT2D eigenvalue weighted by Crippen LogP contribution is -2.46. The minimum absolute atomic E-state index is 0.573. The molecule has 2 N–H and O–H groups in total. The fourth-order valence-corrected chi connectivity index (χ4v) is 3.05. The topological polar surface area (TPSA) is 29.3 Å². The molecule has 0 radical (unpaired) electrons. The van der Waals surface area contributed by atoms with Gasteiger partial charge < -0.3 is 5.73 Å². The minimum Gasteiger partial charge on any atom is -0.329 e. The summed E-state index contributed by atoms with van der Waals surface area (Å²) in [6, 6.07) is 9.41. The first kappa shape index (κ1) is 13.6. The van der Waals surface area contributed by atoms with Crippen molar-refractivity contribution < 1.29 is 0 Å². The Hall–Kier alpha value is -0.860. The van der Waals surface area contributed by atoms with Gasteiger partial charge in [0, 0.05) is 19.1 Å². The first-order chi connectivity index (χ1) is 8.72. The maximum absolute atomic E-state index is 5.95. The van der Waals surface area contributed by atoms with Gasteiger partial charge in [0.25, 0.3) is 0 Å². The van der Waals surface area contributed by atoms with Crippen molar-refractivity contribution in [2.24, 2.45) is 11.7 Å². The molecule has 2 atom stereocenters. The molecule has 0 saturated carbocycles. The van der Waals surface area contributed by atoms with Crippen molar-refractivity contribution in [2.45, 2.75) is 45.7 Å². The van der Waals surface area contributed by atoms with Crippen LogP contribution in [0, 0.1) is 12.8 Å². The van der Waals surface area contributed by atoms with Crippen LogP contribution < -0.4 is 5.73 Å². The third-order valence-electron chi connectivity index (χ3n) is 4.26. The highest BCUT2D eigenvalue weighted by Crippen LogP contribution is 2.26. The lowest BCUT2D eigenvalue weighted by molar-refractivity contribution is 0.107. The number of nitrogens with two attached hydrogens (primary N) is 1. The molecule has 1 fully saturated rings. The maximum Gasteiger partial charge on any atom is 0.0237 e. The van der Waals surface area contributed by atoms with E-state index in [0.717, 1.165) is 19.0 Å². The Bertz CT molecular complexity index is 375. The Kier molecular flexibility index (Phi) is 4.79. The molecule has 100 valence electrons. The summed E-state index contributed by atoms with van der Waals surface area (Å²) in [6.07, 6.45) is 3.91. The molecule has 0 bridgehead atoms. The SMILES string of the molecule is CCC1CCN(Cc2cccc(C)c2)C(CN)C1. The Morgan fingerprint density at radius 3 is 2.89 bits per heavy atom. The number of nitrogens with zero attached hydrogens (tertiary/aromatic N) is 1. The quantitative estimate of drug-likeness (QED) is 0.885. The summed E-state index contributed by atoms with van der Waals surface area (Å²) in [4.78, 5) is 2.57. The van der Waals surface area contributed by atoms with E-state index in [9.17, 15) is 0 Å². The van der Waals surface area contributed by atoms with Crippen molar-refractivity contribution >= 4 is 0 Å². The largest absolute Gasteiger partial charge is 0.329 e. The molecule has 0 amide bonds. The van der Waals surface area contributed by atoms with Crippen LogP contribution in [0.15, 0.2) is 24.3 Å². The van der Waals surface area contributed by atoms with E-state index in [1.54, 1.807) is 0 Å². The lowest BCUT2D eigenvalue weighted by atomic mass is 9.88. The highest BCUT2D eigenvalue weighted by molar-refractivity contribution is 5.22. The van der Waals surface area contributed by atoms with Crippen LogP contribution in [-0.4, -0.2) is 24.0 Å². The van der Waals surface area contributed by atoms with Crippen LogP contribution in [0.3, 0.4) is 0 Å². The van der Waals surface area contributed by atoms with Gasteiger partial charge in [0.15, 0.2) is 0 Å². The van der Waals surface area contributed by atoms with Gasteiger partial charge in [0.2, 0.25) is 0 Å². The summed E-state index contributed by atoms with van der Waals surface area (Å²) >= 11 is 0. The van der Waals surface area contributed by atoms with Gasteiger partial charge >= 0.3 is 0 Å². The predicted molar refractivity (Wildman–Crippen MR) is 77.4 cm³/mol. The summed E-state index contributed by atoms with van der Waals surface area (Å²) in [6.45, 7) is 7.51. The van der Waals surface area contributed by atoms with Crippen LogP contribution in [0.25, 0.3) is 0 Å². The van der Waals surface area contributed by atoms with Crippen molar-refractivity contribution in [1.82, 2.24) is 4.90 Å². The van der Waals surface area contributed by atoms with Crippen molar-refractivity contribution in [3.8, 4) is 0 Å². The molecule has 1 aromatic rings.